The number of aliphatic carboxylic acids is 1. The second-order valence-electron chi connectivity index (χ2n) is 5.79. The minimum atomic E-state index is -4.02. The van der Waals surface area contributed by atoms with Gasteiger partial charge in [0, 0.05) is 9.86 Å². The third-order valence-corrected chi connectivity index (χ3v) is 6.22. The third kappa shape index (κ3) is 3.95. The van der Waals surface area contributed by atoms with Crippen LogP contribution in [0.1, 0.15) is 5.56 Å². The smallest absolute Gasteiger partial charge is 0.322 e. The molecule has 0 saturated carbocycles. The average molecular weight is 434 g/mol. The molecule has 26 heavy (non-hydrogen) atoms. The summed E-state index contributed by atoms with van der Waals surface area (Å²) >= 11 is 3.41. The first kappa shape index (κ1) is 18.6. The molecule has 3 rings (SSSR count). The Morgan fingerprint density at radius 2 is 1.58 bits per heavy atom. The number of hydrogen-bond donors (Lipinski definition) is 2. The normalized spacial score (nSPS) is 12.8. The van der Waals surface area contributed by atoms with E-state index < -0.39 is 22.0 Å². The van der Waals surface area contributed by atoms with Crippen molar-refractivity contribution in [1.82, 2.24) is 4.72 Å². The summed E-state index contributed by atoms with van der Waals surface area (Å²) in [6.07, 6.45) is 0.0594. The van der Waals surface area contributed by atoms with E-state index in [0.717, 1.165) is 15.4 Å². The number of rotatable bonds is 6. The van der Waals surface area contributed by atoms with E-state index in [1.807, 2.05) is 12.1 Å². The molecule has 1 atom stereocenters. The average Bonchev–Trinajstić information content (AvgIpc) is 2.62. The van der Waals surface area contributed by atoms with E-state index in [4.69, 9.17) is 0 Å². The summed E-state index contributed by atoms with van der Waals surface area (Å²) in [6.45, 7) is 0. The Kier molecular flexibility index (Phi) is 5.41. The van der Waals surface area contributed by atoms with Crippen LogP contribution in [0, 0.1) is 0 Å². The van der Waals surface area contributed by atoms with E-state index >= 15 is 0 Å². The van der Waals surface area contributed by atoms with Crippen molar-refractivity contribution in [2.24, 2.45) is 0 Å². The molecule has 0 amide bonds. The molecule has 5 nitrogen and oxygen atoms in total. The van der Waals surface area contributed by atoms with E-state index in [-0.39, 0.29) is 11.3 Å². The predicted octanol–water partition coefficient (Wildman–Crippen LogP) is 3.58. The maximum Gasteiger partial charge on any atom is 0.322 e. The van der Waals surface area contributed by atoms with E-state index in [1.54, 1.807) is 48.5 Å². The van der Waals surface area contributed by atoms with Gasteiger partial charge in [0.05, 0.1) is 4.90 Å². The fourth-order valence-corrected chi connectivity index (χ4v) is 4.63. The van der Waals surface area contributed by atoms with Crippen molar-refractivity contribution >= 4 is 42.7 Å². The van der Waals surface area contributed by atoms with Crippen LogP contribution < -0.4 is 4.72 Å². The summed E-state index contributed by atoms with van der Waals surface area (Å²) in [5, 5.41) is 10.7. The first-order valence-electron chi connectivity index (χ1n) is 7.85. The fourth-order valence-electron chi connectivity index (χ4n) is 2.75. The summed E-state index contributed by atoms with van der Waals surface area (Å²) in [4.78, 5) is 11.6. The van der Waals surface area contributed by atoms with Gasteiger partial charge in [0.1, 0.15) is 6.04 Å². The Morgan fingerprint density at radius 1 is 0.962 bits per heavy atom. The van der Waals surface area contributed by atoms with Crippen LogP contribution in [0.2, 0.25) is 0 Å². The Balaban J connectivity index is 1.97. The van der Waals surface area contributed by atoms with Gasteiger partial charge in [-0.2, -0.15) is 4.72 Å². The minimum Gasteiger partial charge on any atom is -0.480 e. The van der Waals surface area contributed by atoms with Crippen LogP contribution in [0.15, 0.2) is 76.1 Å². The highest BCUT2D eigenvalue weighted by Gasteiger charge is 2.27. The van der Waals surface area contributed by atoms with E-state index in [0.29, 0.717) is 5.39 Å². The van der Waals surface area contributed by atoms with E-state index in [1.165, 1.54) is 6.07 Å². The first-order valence-corrected chi connectivity index (χ1v) is 10.1. The first-order chi connectivity index (χ1) is 12.4. The maximum absolute atomic E-state index is 12.9. The molecule has 3 aromatic carbocycles. The number of hydrogen-bond acceptors (Lipinski definition) is 3. The zero-order valence-electron chi connectivity index (χ0n) is 13.6. The number of sulfonamides is 1. The van der Waals surface area contributed by atoms with Gasteiger partial charge in [-0.3, -0.25) is 4.79 Å². The number of nitrogens with one attached hydrogen (secondary N) is 1. The third-order valence-electron chi connectivity index (χ3n) is 4.00. The highest BCUT2D eigenvalue weighted by atomic mass is 79.9. The lowest BCUT2D eigenvalue weighted by Crippen LogP contribution is -2.42. The van der Waals surface area contributed by atoms with Crippen molar-refractivity contribution in [1.29, 1.82) is 0 Å². The topological polar surface area (TPSA) is 83.5 Å². The lowest BCUT2D eigenvalue weighted by Gasteiger charge is -2.16. The largest absolute Gasteiger partial charge is 0.480 e. The molecular weight excluding hydrogens is 418 g/mol. The molecule has 0 radical (unpaired) electrons. The maximum atomic E-state index is 12.9. The van der Waals surface area contributed by atoms with Gasteiger partial charge in [0.2, 0.25) is 10.0 Å². The number of carboxylic acids is 1. The van der Waals surface area contributed by atoms with Gasteiger partial charge >= 0.3 is 5.97 Å². The molecule has 0 aliphatic rings. The number of carboxylic acid groups (broad SMARTS) is 1. The Labute approximate surface area is 159 Å². The molecule has 134 valence electrons. The highest BCUT2D eigenvalue weighted by molar-refractivity contribution is 9.10. The van der Waals surface area contributed by atoms with Crippen molar-refractivity contribution in [3.8, 4) is 0 Å². The van der Waals surface area contributed by atoms with Gasteiger partial charge in [-0.25, -0.2) is 8.42 Å². The molecule has 0 heterocycles. The lowest BCUT2D eigenvalue weighted by molar-refractivity contribution is -0.138. The molecule has 2 N–H and O–H groups in total. The predicted molar refractivity (Wildman–Crippen MR) is 104 cm³/mol. The number of halogens is 1. The standard InChI is InChI=1S/C19H16BrNO4S/c20-16-10-11-18(15-9-5-4-8-14(15)16)26(24,25)21-17(19(22)23)12-13-6-2-1-3-7-13/h1-11,17,21H,12H2,(H,22,23). The van der Waals surface area contributed by atoms with E-state index in [2.05, 4.69) is 20.7 Å². The van der Waals surface area contributed by atoms with Crippen molar-refractivity contribution in [3.63, 3.8) is 0 Å². The molecule has 0 bridgehead atoms. The van der Waals surface area contributed by atoms with Crippen LogP contribution in [0.3, 0.4) is 0 Å². The van der Waals surface area contributed by atoms with Gasteiger partial charge in [-0.05, 0) is 29.5 Å². The van der Waals surface area contributed by atoms with Crippen molar-refractivity contribution in [3.05, 3.63) is 76.8 Å². The van der Waals surface area contributed by atoms with Gasteiger partial charge < -0.3 is 5.11 Å². The van der Waals surface area contributed by atoms with Crippen LogP contribution in [-0.2, 0) is 21.2 Å². The summed E-state index contributed by atoms with van der Waals surface area (Å²) in [7, 11) is -4.02. The summed E-state index contributed by atoms with van der Waals surface area (Å²) in [5.74, 6) is -1.22. The quantitative estimate of drug-likeness (QED) is 0.622. The minimum absolute atomic E-state index is 0.0515. The van der Waals surface area contributed by atoms with Crippen molar-refractivity contribution in [2.45, 2.75) is 17.4 Å². The van der Waals surface area contributed by atoms with Crippen molar-refractivity contribution < 1.29 is 18.3 Å². The summed E-state index contributed by atoms with van der Waals surface area (Å²) in [5.41, 5.74) is 0.739. The molecule has 0 fully saturated rings. The highest BCUT2D eigenvalue weighted by Crippen LogP contribution is 2.29. The number of fused-ring (bicyclic) bond motifs is 1. The van der Waals surface area contributed by atoms with Gasteiger partial charge in [-0.1, -0.05) is 70.5 Å². The number of benzene rings is 3. The van der Waals surface area contributed by atoms with Crippen molar-refractivity contribution in [2.75, 3.05) is 0 Å². The zero-order valence-corrected chi connectivity index (χ0v) is 16.0. The lowest BCUT2D eigenvalue weighted by atomic mass is 10.1. The zero-order chi connectivity index (χ0) is 18.7. The van der Waals surface area contributed by atoms with Crippen LogP contribution in [0.25, 0.3) is 10.8 Å². The Hall–Kier alpha value is -2.22. The summed E-state index contributed by atoms with van der Waals surface area (Å²) in [6, 6.07) is 17.8. The van der Waals surface area contributed by atoms with Crippen LogP contribution in [0.4, 0.5) is 0 Å². The van der Waals surface area contributed by atoms with Crippen LogP contribution in [0.5, 0.6) is 0 Å². The van der Waals surface area contributed by atoms with Gasteiger partial charge in [-0.15, -0.1) is 0 Å². The molecule has 7 heteroatoms. The second-order valence-corrected chi connectivity index (χ2v) is 8.33. The van der Waals surface area contributed by atoms with Crippen LogP contribution >= 0.6 is 15.9 Å². The van der Waals surface area contributed by atoms with Gasteiger partial charge in [0.15, 0.2) is 0 Å². The molecule has 0 saturated heterocycles. The van der Waals surface area contributed by atoms with Gasteiger partial charge in [0.25, 0.3) is 0 Å². The number of carbonyl (C=O) groups is 1. The molecule has 0 aliphatic carbocycles. The Morgan fingerprint density at radius 3 is 2.23 bits per heavy atom. The molecule has 0 aromatic heterocycles. The summed E-state index contributed by atoms with van der Waals surface area (Å²) < 4.78 is 28.8. The second kappa shape index (κ2) is 7.57. The fraction of sp³-hybridized carbons (Fsp3) is 0.105. The van der Waals surface area contributed by atoms with Crippen LogP contribution in [-0.4, -0.2) is 25.5 Å². The Bertz CT molecular complexity index is 1050. The molecule has 3 aromatic rings. The monoisotopic (exact) mass is 433 g/mol. The van der Waals surface area contributed by atoms with E-state index in [9.17, 15) is 18.3 Å². The molecule has 0 aliphatic heterocycles. The molecular formula is C19H16BrNO4S. The molecule has 0 spiro atoms. The molecule has 1 unspecified atom stereocenters. The SMILES string of the molecule is O=C(O)C(Cc1ccccc1)NS(=O)(=O)c1ccc(Br)c2ccccc12.